The number of fused-ring (bicyclic) bond motifs is 8. The lowest BCUT2D eigenvalue weighted by atomic mass is 9.47. The van der Waals surface area contributed by atoms with Crippen molar-refractivity contribution in [3.8, 4) is 5.75 Å². The van der Waals surface area contributed by atoms with Crippen molar-refractivity contribution < 1.29 is 18.7 Å². The fourth-order valence-electron chi connectivity index (χ4n) is 11.7. The van der Waals surface area contributed by atoms with Gasteiger partial charge >= 0.3 is 11.6 Å². The molecule has 1 aromatic heterocycles. The molecular formula is C42H57ClO5. The molecule has 0 aliphatic heterocycles. The number of hydrogen-bond acceptors (Lipinski definition) is 5. The van der Waals surface area contributed by atoms with Gasteiger partial charge in [-0.15, -0.1) is 0 Å². The third-order valence-corrected chi connectivity index (χ3v) is 14.5. The van der Waals surface area contributed by atoms with Crippen LogP contribution in [0, 0.1) is 46.3 Å². The average Bonchev–Trinajstić information content (AvgIpc) is 3.42. The van der Waals surface area contributed by atoms with Gasteiger partial charge in [0.1, 0.15) is 17.4 Å². The lowest BCUT2D eigenvalue weighted by Gasteiger charge is -2.58. The van der Waals surface area contributed by atoms with Crippen molar-refractivity contribution >= 4 is 28.5 Å². The summed E-state index contributed by atoms with van der Waals surface area (Å²) in [6.07, 6.45) is 19.7. The maximum atomic E-state index is 13.0. The van der Waals surface area contributed by atoms with E-state index in [2.05, 4.69) is 40.7 Å². The van der Waals surface area contributed by atoms with E-state index >= 15 is 0 Å². The third-order valence-electron chi connectivity index (χ3n) is 14.2. The molecule has 0 unspecified atom stereocenters. The summed E-state index contributed by atoms with van der Waals surface area (Å²) in [5.41, 5.74) is 4.19. The molecule has 6 heteroatoms. The van der Waals surface area contributed by atoms with Gasteiger partial charge in [0, 0.05) is 23.4 Å². The number of allylic oxidation sites excluding steroid dienone is 1. The highest BCUT2D eigenvalue weighted by Crippen LogP contribution is 2.67. The Morgan fingerprint density at radius 1 is 1.00 bits per heavy atom. The zero-order chi connectivity index (χ0) is 33.8. The molecule has 0 amide bonds. The normalized spacial score (nSPS) is 33.3. The molecule has 2 aromatic rings. The number of aryl methyl sites for hydroxylation is 1. The second kappa shape index (κ2) is 13.5. The van der Waals surface area contributed by atoms with Crippen molar-refractivity contribution in [3.63, 3.8) is 0 Å². The molecule has 0 radical (unpaired) electrons. The van der Waals surface area contributed by atoms with Crippen LogP contribution in [0.2, 0.25) is 5.02 Å². The van der Waals surface area contributed by atoms with E-state index in [0.29, 0.717) is 21.8 Å². The number of halogens is 1. The van der Waals surface area contributed by atoms with Crippen molar-refractivity contribution in [2.24, 2.45) is 46.3 Å². The van der Waals surface area contributed by atoms with Crippen molar-refractivity contribution in [2.75, 3.05) is 6.61 Å². The summed E-state index contributed by atoms with van der Waals surface area (Å²) in [7, 11) is 0. The van der Waals surface area contributed by atoms with Crippen LogP contribution in [0.15, 0.2) is 33.0 Å². The van der Waals surface area contributed by atoms with E-state index in [1.54, 1.807) is 6.07 Å². The summed E-state index contributed by atoms with van der Waals surface area (Å²) < 4.78 is 17.5. The first kappa shape index (κ1) is 34.2. The molecule has 0 spiro atoms. The Balaban J connectivity index is 0.966. The lowest BCUT2D eigenvalue weighted by Crippen LogP contribution is -2.51. The first-order chi connectivity index (χ1) is 23.0. The Bertz CT molecular complexity index is 1620. The molecule has 262 valence electrons. The van der Waals surface area contributed by atoms with E-state index in [9.17, 15) is 9.59 Å². The fraction of sp³-hybridized carbons (Fsp3) is 0.714. The molecule has 48 heavy (non-hydrogen) atoms. The van der Waals surface area contributed by atoms with Gasteiger partial charge in [-0.25, -0.2) is 9.59 Å². The molecule has 5 nitrogen and oxygen atoms in total. The predicted molar refractivity (Wildman–Crippen MR) is 193 cm³/mol. The van der Waals surface area contributed by atoms with Gasteiger partial charge in [-0.05, 0) is 129 Å². The number of carbonyl (C=O) groups is 1. The molecule has 0 N–H and O–H groups in total. The molecule has 7 rings (SSSR count). The Morgan fingerprint density at radius 2 is 1.79 bits per heavy atom. The van der Waals surface area contributed by atoms with Crippen molar-refractivity contribution in [1.29, 1.82) is 0 Å². The summed E-state index contributed by atoms with van der Waals surface area (Å²) in [5, 5.41) is 1.27. The first-order valence-electron chi connectivity index (χ1n) is 19.3. The number of esters is 1. The van der Waals surface area contributed by atoms with Crippen LogP contribution in [0.1, 0.15) is 129 Å². The quantitative estimate of drug-likeness (QED) is 0.150. The lowest BCUT2D eigenvalue weighted by molar-refractivity contribution is -0.153. The van der Waals surface area contributed by atoms with Crippen molar-refractivity contribution in [1.82, 2.24) is 0 Å². The average molecular weight is 677 g/mol. The van der Waals surface area contributed by atoms with Crippen LogP contribution >= 0.6 is 11.6 Å². The number of rotatable bonds is 9. The summed E-state index contributed by atoms with van der Waals surface area (Å²) in [5.74, 6) is 4.84. The van der Waals surface area contributed by atoms with E-state index in [1.165, 1.54) is 56.9 Å². The van der Waals surface area contributed by atoms with Crippen LogP contribution in [0.3, 0.4) is 0 Å². The molecular weight excluding hydrogens is 620 g/mol. The largest absolute Gasteiger partial charge is 0.480 e. The van der Waals surface area contributed by atoms with Gasteiger partial charge in [0.15, 0.2) is 6.61 Å². The zero-order valence-electron chi connectivity index (χ0n) is 30.0. The second-order valence-corrected chi connectivity index (χ2v) is 17.7. The van der Waals surface area contributed by atoms with Crippen LogP contribution in [0.25, 0.3) is 11.0 Å². The van der Waals surface area contributed by atoms with Gasteiger partial charge < -0.3 is 13.9 Å². The highest BCUT2D eigenvalue weighted by atomic mass is 35.5. The molecule has 5 aliphatic rings. The van der Waals surface area contributed by atoms with Crippen molar-refractivity contribution in [2.45, 2.75) is 137 Å². The second-order valence-electron chi connectivity index (χ2n) is 17.3. The van der Waals surface area contributed by atoms with E-state index in [4.69, 9.17) is 25.5 Å². The highest BCUT2D eigenvalue weighted by Gasteiger charge is 2.59. The molecule has 3 fully saturated rings. The predicted octanol–water partition coefficient (Wildman–Crippen LogP) is 10.7. The monoisotopic (exact) mass is 676 g/mol. The standard InChI is InChI=1S/C42H57ClO5/c1-25(2)9-8-10-26(3)33-15-16-34-31-14-13-27-21-28(17-19-41(27,4)35(31)18-20-42(33,34)5)47-39(44)24-46-38-23-37-32(22-36(38)43)29-11-6-7-12-30(29)40(45)48-37/h13,22-23,25-26,28,31,33-35H,6-12,14-21,24H2,1-5H3/t26-,28+,31-,33-,34-,35+,41+,42-/m1/s1. The van der Waals surface area contributed by atoms with Crippen LogP contribution in [0.4, 0.5) is 0 Å². The third kappa shape index (κ3) is 6.17. The zero-order valence-corrected chi connectivity index (χ0v) is 30.8. The summed E-state index contributed by atoms with van der Waals surface area (Å²) in [4.78, 5) is 25.6. The Morgan fingerprint density at radius 3 is 2.58 bits per heavy atom. The fourth-order valence-corrected chi connectivity index (χ4v) is 11.9. The number of benzene rings is 1. The van der Waals surface area contributed by atoms with Crippen LogP contribution in [-0.2, 0) is 22.4 Å². The Hall–Kier alpha value is -2.27. The van der Waals surface area contributed by atoms with Crippen molar-refractivity contribution in [3.05, 3.63) is 50.4 Å². The molecule has 1 aromatic carbocycles. The van der Waals surface area contributed by atoms with Gasteiger partial charge in [0.25, 0.3) is 0 Å². The minimum Gasteiger partial charge on any atom is -0.480 e. The molecule has 0 saturated heterocycles. The van der Waals surface area contributed by atoms with Gasteiger partial charge in [0.2, 0.25) is 0 Å². The van der Waals surface area contributed by atoms with E-state index in [0.717, 1.165) is 97.0 Å². The smallest absolute Gasteiger partial charge is 0.344 e. The minimum atomic E-state index is -0.381. The summed E-state index contributed by atoms with van der Waals surface area (Å²) >= 11 is 6.60. The number of carbonyl (C=O) groups excluding carboxylic acids is 1. The molecule has 3 saturated carbocycles. The van der Waals surface area contributed by atoms with Crippen LogP contribution in [-0.4, -0.2) is 18.7 Å². The Labute approximate surface area is 292 Å². The number of ether oxygens (including phenoxy) is 2. The maximum absolute atomic E-state index is 13.0. The van der Waals surface area contributed by atoms with Gasteiger partial charge in [-0.3, -0.25) is 0 Å². The van der Waals surface area contributed by atoms with E-state index in [1.807, 2.05) is 6.07 Å². The van der Waals surface area contributed by atoms with Gasteiger partial charge in [-0.1, -0.05) is 77.1 Å². The maximum Gasteiger partial charge on any atom is 0.344 e. The summed E-state index contributed by atoms with van der Waals surface area (Å²) in [6, 6.07) is 3.45. The molecule has 0 bridgehead atoms. The number of hydrogen-bond donors (Lipinski definition) is 0. The van der Waals surface area contributed by atoms with Gasteiger partial charge in [0.05, 0.1) is 5.02 Å². The van der Waals surface area contributed by atoms with Gasteiger partial charge in [-0.2, -0.15) is 0 Å². The molecule has 5 aliphatic carbocycles. The highest BCUT2D eigenvalue weighted by molar-refractivity contribution is 6.32. The molecule has 1 heterocycles. The van der Waals surface area contributed by atoms with E-state index < -0.39 is 0 Å². The summed E-state index contributed by atoms with van der Waals surface area (Å²) in [6.45, 7) is 12.2. The van der Waals surface area contributed by atoms with E-state index in [-0.39, 0.29) is 29.7 Å². The molecule has 8 atom stereocenters. The first-order valence-corrected chi connectivity index (χ1v) is 19.7. The van der Waals surface area contributed by atoms with Crippen LogP contribution in [0.5, 0.6) is 5.75 Å². The minimum absolute atomic E-state index is 0.120. The topological polar surface area (TPSA) is 65.7 Å². The SMILES string of the molecule is CC(C)CCC[C@@H](C)[C@H]1CC[C@@H]2[C@H]3CC=C4C[C@@H](OC(=O)COc5cc6oc(=O)c7c(c6cc5Cl)CCCC7)CC[C@]4(C)[C@H]3CC[C@@]21C. The Kier molecular flexibility index (Phi) is 9.58. The van der Waals surface area contributed by atoms with Crippen LogP contribution < -0.4 is 10.4 Å².